The fraction of sp³-hybridized carbons (Fsp3) is 0.500. The van der Waals surface area contributed by atoms with Gasteiger partial charge in [0.2, 0.25) is 5.91 Å². The molecule has 5 nitrogen and oxygen atoms in total. The van der Waals surface area contributed by atoms with Crippen LogP contribution in [0.25, 0.3) is 0 Å². The minimum Gasteiger partial charge on any atom is -0.495 e. The standard InChI is InChI=1S/C14H20N2O3/c1-9-5-6-19-13(9)14(17)16-8-10-3-4-12(18-2)11(15)7-10/h3-4,7,9,13H,5-6,8,15H2,1-2H3,(H,16,17). The molecule has 0 aliphatic carbocycles. The second-order valence-electron chi connectivity index (χ2n) is 4.85. The molecule has 2 unspecified atom stereocenters. The molecule has 2 atom stereocenters. The van der Waals surface area contributed by atoms with E-state index in [0.717, 1.165) is 12.0 Å². The Bertz CT molecular complexity index is 462. The summed E-state index contributed by atoms with van der Waals surface area (Å²) in [4.78, 5) is 11.9. The Kier molecular flexibility index (Phi) is 4.27. The third-order valence-corrected chi connectivity index (χ3v) is 3.41. The fourth-order valence-electron chi connectivity index (χ4n) is 2.21. The van der Waals surface area contributed by atoms with Crippen molar-refractivity contribution >= 4 is 11.6 Å². The van der Waals surface area contributed by atoms with E-state index in [0.29, 0.717) is 24.6 Å². The van der Waals surface area contributed by atoms with Crippen LogP contribution in [0.3, 0.4) is 0 Å². The van der Waals surface area contributed by atoms with Crippen LogP contribution in [0.15, 0.2) is 18.2 Å². The summed E-state index contributed by atoms with van der Waals surface area (Å²) < 4.78 is 10.5. The van der Waals surface area contributed by atoms with Gasteiger partial charge in [-0.2, -0.15) is 0 Å². The quantitative estimate of drug-likeness (QED) is 0.804. The lowest BCUT2D eigenvalue weighted by atomic mass is 10.0. The molecule has 1 saturated heterocycles. The number of methoxy groups -OCH3 is 1. The highest BCUT2D eigenvalue weighted by atomic mass is 16.5. The van der Waals surface area contributed by atoms with Gasteiger partial charge in [0, 0.05) is 13.2 Å². The number of benzene rings is 1. The summed E-state index contributed by atoms with van der Waals surface area (Å²) in [7, 11) is 1.58. The van der Waals surface area contributed by atoms with Crippen molar-refractivity contribution in [1.82, 2.24) is 5.32 Å². The minimum absolute atomic E-state index is 0.0561. The molecule has 1 aliphatic rings. The summed E-state index contributed by atoms with van der Waals surface area (Å²) >= 11 is 0. The highest BCUT2D eigenvalue weighted by Gasteiger charge is 2.30. The van der Waals surface area contributed by atoms with E-state index in [4.69, 9.17) is 15.2 Å². The Balaban J connectivity index is 1.91. The van der Waals surface area contributed by atoms with E-state index in [1.807, 2.05) is 13.0 Å². The molecule has 0 aromatic heterocycles. The van der Waals surface area contributed by atoms with Gasteiger partial charge in [-0.05, 0) is 30.0 Å². The first-order valence-corrected chi connectivity index (χ1v) is 6.43. The summed E-state index contributed by atoms with van der Waals surface area (Å²) in [5.41, 5.74) is 7.33. The molecule has 1 heterocycles. The summed E-state index contributed by atoms with van der Waals surface area (Å²) in [6, 6.07) is 5.48. The normalized spacial score (nSPS) is 22.2. The zero-order valence-electron chi connectivity index (χ0n) is 11.3. The maximum atomic E-state index is 11.9. The highest BCUT2D eigenvalue weighted by Crippen LogP contribution is 2.22. The van der Waals surface area contributed by atoms with Gasteiger partial charge in [-0.1, -0.05) is 13.0 Å². The van der Waals surface area contributed by atoms with Crippen molar-refractivity contribution in [2.45, 2.75) is 26.0 Å². The zero-order chi connectivity index (χ0) is 13.8. The third-order valence-electron chi connectivity index (χ3n) is 3.41. The van der Waals surface area contributed by atoms with E-state index in [9.17, 15) is 4.79 Å². The SMILES string of the molecule is COc1ccc(CNC(=O)C2OCCC2C)cc1N. The minimum atomic E-state index is -0.324. The van der Waals surface area contributed by atoms with E-state index in [1.165, 1.54) is 0 Å². The van der Waals surface area contributed by atoms with Crippen molar-refractivity contribution in [2.75, 3.05) is 19.5 Å². The lowest BCUT2D eigenvalue weighted by Crippen LogP contribution is -2.36. The average molecular weight is 264 g/mol. The van der Waals surface area contributed by atoms with E-state index in [-0.39, 0.29) is 17.9 Å². The van der Waals surface area contributed by atoms with Crippen LogP contribution >= 0.6 is 0 Å². The van der Waals surface area contributed by atoms with E-state index < -0.39 is 0 Å². The second kappa shape index (κ2) is 5.93. The van der Waals surface area contributed by atoms with Crippen LogP contribution in [0.5, 0.6) is 5.75 Å². The number of nitrogen functional groups attached to an aromatic ring is 1. The van der Waals surface area contributed by atoms with Crippen LogP contribution in [0, 0.1) is 5.92 Å². The summed E-state index contributed by atoms with van der Waals surface area (Å²) in [5.74, 6) is 0.864. The number of hydrogen-bond acceptors (Lipinski definition) is 4. The molecule has 1 aliphatic heterocycles. The van der Waals surface area contributed by atoms with Crippen molar-refractivity contribution in [2.24, 2.45) is 5.92 Å². The van der Waals surface area contributed by atoms with Gasteiger partial charge in [0.25, 0.3) is 0 Å². The molecule has 0 radical (unpaired) electrons. The predicted octanol–water partition coefficient (Wildman–Crippen LogP) is 1.32. The number of carbonyl (C=O) groups is 1. The number of rotatable bonds is 4. The molecule has 0 spiro atoms. The van der Waals surface area contributed by atoms with Gasteiger partial charge < -0.3 is 20.5 Å². The van der Waals surface area contributed by atoms with Crippen molar-refractivity contribution in [1.29, 1.82) is 0 Å². The topological polar surface area (TPSA) is 73.6 Å². The first kappa shape index (κ1) is 13.7. The van der Waals surface area contributed by atoms with E-state index >= 15 is 0 Å². The van der Waals surface area contributed by atoms with Crippen LogP contribution in [-0.2, 0) is 16.1 Å². The molecule has 1 aromatic rings. The molecule has 104 valence electrons. The van der Waals surface area contributed by atoms with Crippen molar-refractivity contribution in [3.8, 4) is 5.75 Å². The molecule has 0 saturated carbocycles. The smallest absolute Gasteiger partial charge is 0.249 e. The Hall–Kier alpha value is -1.75. The van der Waals surface area contributed by atoms with Gasteiger partial charge in [-0.3, -0.25) is 4.79 Å². The van der Waals surface area contributed by atoms with Gasteiger partial charge in [-0.25, -0.2) is 0 Å². The number of hydrogen-bond donors (Lipinski definition) is 2. The van der Waals surface area contributed by atoms with E-state index in [2.05, 4.69) is 5.32 Å². The molecule has 2 rings (SSSR count). The summed E-state index contributed by atoms with van der Waals surface area (Å²) in [5, 5.41) is 2.88. The maximum Gasteiger partial charge on any atom is 0.249 e. The van der Waals surface area contributed by atoms with Gasteiger partial charge >= 0.3 is 0 Å². The maximum absolute atomic E-state index is 11.9. The fourth-order valence-corrected chi connectivity index (χ4v) is 2.21. The Labute approximate surface area is 113 Å². The molecule has 5 heteroatoms. The largest absolute Gasteiger partial charge is 0.495 e. The molecule has 1 fully saturated rings. The predicted molar refractivity (Wildman–Crippen MR) is 72.8 cm³/mol. The highest BCUT2D eigenvalue weighted by molar-refractivity contribution is 5.81. The first-order chi connectivity index (χ1) is 9.11. The van der Waals surface area contributed by atoms with Gasteiger partial charge in [0.15, 0.2) is 0 Å². The van der Waals surface area contributed by atoms with Crippen molar-refractivity contribution in [3.63, 3.8) is 0 Å². The molecule has 1 amide bonds. The number of nitrogens with two attached hydrogens (primary N) is 1. The van der Waals surface area contributed by atoms with Crippen molar-refractivity contribution in [3.05, 3.63) is 23.8 Å². The third kappa shape index (κ3) is 3.17. The zero-order valence-corrected chi connectivity index (χ0v) is 11.3. The number of carbonyl (C=O) groups excluding carboxylic acids is 1. The van der Waals surface area contributed by atoms with Crippen LogP contribution in [0.2, 0.25) is 0 Å². The van der Waals surface area contributed by atoms with E-state index in [1.54, 1.807) is 19.2 Å². The first-order valence-electron chi connectivity index (χ1n) is 6.43. The molecular weight excluding hydrogens is 244 g/mol. The van der Waals surface area contributed by atoms with Gasteiger partial charge in [0.05, 0.1) is 12.8 Å². The molecule has 3 N–H and O–H groups in total. The van der Waals surface area contributed by atoms with Crippen LogP contribution in [0.1, 0.15) is 18.9 Å². The number of ether oxygens (including phenoxy) is 2. The molecular formula is C14H20N2O3. The Morgan fingerprint density at radius 3 is 2.95 bits per heavy atom. The van der Waals surface area contributed by atoms with Crippen LogP contribution in [-0.4, -0.2) is 25.7 Å². The summed E-state index contributed by atoms with van der Waals surface area (Å²) in [6.07, 6.45) is 0.615. The average Bonchev–Trinajstić information content (AvgIpc) is 2.82. The Morgan fingerprint density at radius 2 is 2.37 bits per heavy atom. The van der Waals surface area contributed by atoms with Crippen LogP contribution in [0.4, 0.5) is 5.69 Å². The number of nitrogens with one attached hydrogen (secondary N) is 1. The molecule has 0 bridgehead atoms. The van der Waals surface area contributed by atoms with Gasteiger partial charge in [0.1, 0.15) is 11.9 Å². The van der Waals surface area contributed by atoms with Crippen molar-refractivity contribution < 1.29 is 14.3 Å². The summed E-state index contributed by atoms with van der Waals surface area (Å²) in [6.45, 7) is 3.14. The lowest BCUT2D eigenvalue weighted by Gasteiger charge is -2.15. The second-order valence-corrected chi connectivity index (χ2v) is 4.85. The molecule has 1 aromatic carbocycles. The number of amides is 1. The molecule has 19 heavy (non-hydrogen) atoms. The van der Waals surface area contributed by atoms with Gasteiger partial charge in [-0.15, -0.1) is 0 Å². The van der Waals surface area contributed by atoms with Crippen LogP contribution < -0.4 is 15.8 Å². The lowest BCUT2D eigenvalue weighted by molar-refractivity contribution is -0.131. The monoisotopic (exact) mass is 264 g/mol. The number of anilines is 1. The Morgan fingerprint density at radius 1 is 1.58 bits per heavy atom.